The van der Waals surface area contributed by atoms with Crippen molar-refractivity contribution in [3.63, 3.8) is 0 Å². The van der Waals surface area contributed by atoms with Crippen molar-refractivity contribution in [1.82, 2.24) is 9.80 Å². The number of aliphatic carboxylic acids is 1. The number of rotatable bonds is 1. The molecular formula is C14H24N2O3S. The Balaban J connectivity index is 1.98. The zero-order valence-corrected chi connectivity index (χ0v) is 13.3. The summed E-state index contributed by atoms with van der Waals surface area (Å²) in [4.78, 5) is 27.4. The molecule has 0 saturated carbocycles. The van der Waals surface area contributed by atoms with Crippen LogP contribution in [0.5, 0.6) is 0 Å². The van der Waals surface area contributed by atoms with E-state index in [-0.39, 0.29) is 22.7 Å². The van der Waals surface area contributed by atoms with Crippen LogP contribution in [0.2, 0.25) is 0 Å². The van der Waals surface area contributed by atoms with Crippen LogP contribution >= 0.6 is 11.8 Å². The number of carboxylic acid groups (broad SMARTS) is 1. The number of hydrogen-bond donors (Lipinski definition) is 1. The van der Waals surface area contributed by atoms with Gasteiger partial charge in [-0.2, -0.15) is 11.8 Å². The summed E-state index contributed by atoms with van der Waals surface area (Å²) < 4.78 is 0.108. The minimum Gasteiger partial charge on any atom is -0.481 e. The minimum atomic E-state index is -0.737. The number of carbonyl (C=O) groups excluding carboxylic acids is 1. The average Bonchev–Trinajstić information content (AvgIpc) is 2.36. The summed E-state index contributed by atoms with van der Waals surface area (Å²) in [6.07, 6.45) is 1.13. The normalized spacial score (nSPS) is 30.1. The van der Waals surface area contributed by atoms with Gasteiger partial charge in [-0.3, -0.25) is 4.79 Å². The molecule has 2 aliphatic rings. The van der Waals surface area contributed by atoms with Crippen LogP contribution in [-0.4, -0.2) is 63.1 Å². The summed E-state index contributed by atoms with van der Waals surface area (Å²) in [6, 6.07) is 0.0877. The van der Waals surface area contributed by atoms with E-state index in [4.69, 9.17) is 5.11 Å². The van der Waals surface area contributed by atoms with Crippen molar-refractivity contribution in [2.75, 3.05) is 25.4 Å². The number of likely N-dealkylation sites (tertiary alicyclic amines) is 1. The molecule has 0 aromatic carbocycles. The van der Waals surface area contributed by atoms with Crippen LogP contribution in [0, 0.1) is 5.92 Å². The van der Waals surface area contributed by atoms with Crippen LogP contribution in [-0.2, 0) is 4.79 Å². The first-order valence-corrected chi connectivity index (χ1v) is 8.21. The fraction of sp³-hybridized carbons (Fsp3) is 0.857. The highest BCUT2D eigenvalue weighted by molar-refractivity contribution is 8.00. The lowest BCUT2D eigenvalue weighted by Gasteiger charge is -2.43. The highest BCUT2D eigenvalue weighted by Gasteiger charge is 2.37. The average molecular weight is 300 g/mol. The van der Waals surface area contributed by atoms with E-state index in [9.17, 15) is 9.59 Å². The van der Waals surface area contributed by atoms with Gasteiger partial charge in [0.2, 0.25) is 0 Å². The molecule has 0 aromatic rings. The van der Waals surface area contributed by atoms with E-state index in [1.807, 2.05) is 28.5 Å². The van der Waals surface area contributed by atoms with Crippen molar-refractivity contribution >= 4 is 23.8 Å². The fourth-order valence-corrected chi connectivity index (χ4v) is 4.15. The van der Waals surface area contributed by atoms with Crippen molar-refractivity contribution in [2.45, 2.75) is 44.4 Å². The highest BCUT2D eigenvalue weighted by atomic mass is 32.2. The van der Waals surface area contributed by atoms with Crippen molar-refractivity contribution in [3.8, 4) is 0 Å². The number of nitrogens with zero attached hydrogens (tertiary/aromatic N) is 2. The van der Waals surface area contributed by atoms with Crippen molar-refractivity contribution in [1.29, 1.82) is 0 Å². The lowest BCUT2D eigenvalue weighted by atomic mass is 9.92. The number of amides is 2. The lowest BCUT2D eigenvalue weighted by molar-refractivity contribution is -0.143. The number of piperidine rings is 1. The van der Waals surface area contributed by atoms with E-state index in [2.05, 4.69) is 13.8 Å². The fourth-order valence-electron chi connectivity index (χ4n) is 3.04. The molecule has 2 amide bonds. The van der Waals surface area contributed by atoms with Gasteiger partial charge >= 0.3 is 12.0 Å². The molecule has 2 rings (SSSR count). The van der Waals surface area contributed by atoms with Gasteiger partial charge in [-0.1, -0.05) is 0 Å². The summed E-state index contributed by atoms with van der Waals surface area (Å²) in [5, 5.41) is 9.08. The second kappa shape index (κ2) is 5.84. The number of carboxylic acids is 1. The second-order valence-corrected chi connectivity index (χ2v) is 8.22. The zero-order chi connectivity index (χ0) is 14.9. The van der Waals surface area contributed by atoms with Gasteiger partial charge in [-0.15, -0.1) is 0 Å². The molecule has 0 aromatic heterocycles. The topological polar surface area (TPSA) is 60.9 Å². The Morgan fingerprint density at radius 3 is 2.55 bits per heavy atom. The number of carbonyl (C=O) groups is 2. The molecule has 0 spiro atoms. The largest absolute Gasteiger partial charge is 0.481 e. The molecule has 0 aliphatic carbocycles. The van der Waals surface area contributed by atoms with Gasteiger partial charge in [0.05, 0.1) is 5.92 Å². The standard InChI is InChI=1S/C14H24N2O3S/c1-10-8-11(12(17)18)4-5-16(10)13(19)15-6-7-20-14(2,3)9-15/h10-11H,4-9H2,1-3H3,(H,17,18). The lowest BCUT2D eigenvalue weighted by Crippen LogP contribution is -2.55. The highest BCUT2D eigenvalue weighted by Crippen LogP contribution is 2.31. The van der Waals surface area contributed by atoms with Crippen LogP contribution in [0.15, 0.2) is 0 Å². The molecule has 2 unspecified atom stereocenters. The predicted molar refractivity (Wildman–Crippen MR) is 80.0 cm³/mol. The quantitative estimate of drug-likeness (QED) is 0.806. The molecule has 20 heavy (non-hydrogen) atoms. The molecule has 114 valence electrons. The predicted octanol–water partition coefficient (Wildman–Crippen LogP) is 2.12. The zero-order valence-electron chi connectivity index (χ0n) is 12.5. The molecule has 0 bridgehead atoms. The molecule has 1 N–H and O–H groups in total. The summed E-state index contributed by atoms with van der Waals surface area (Å²) in [5.74, 6) is -0.0690. The Hall–Kier alpha value is -0.910. The van der Waals surface area contributed by atoms with E-state index in [1.165, 1.54) is 0 Å². The van der Waals surface area contributed by atoms with Gasteiger partial charge < -0.3 is 14.9 Å². The summed E-state index contributed by atoms with van der Waals surface area (Å²) in [5.41, 5.74) is 0. The van der Waals surface area contributed by atoms with E-state index >= 15 is 0 Å². The van der Waals surface area contributed by atoms with Crippen LogP contribution in [0.25, 0.3) is 0 Å². The summed E-state index contributed by atoms with van der Waals surface area (Å²) in [6.45, 7) is 8.40. The Kier molecular flexibility index (Phi) is 4.52. The van der Waals surface area contributed by atoms with Crippen LogP contribution in [0.3, 0.4) is 0 Å². The molecule has 0 radical (unpaired) electrons. The van der Waals surface area contributed by atoms with Crippen LogP contribution in [0.1, 0.15) is 33.6 Å². The van der Waals surface area contributed by atoms with Gasteiger partial charge in [0.1, 0.15) is 0 Å². The van der Waals surface area contributed by atoms with Crippen LogP contribution in [0.4, 0.5) is 4.79 Å². The first-order chi connectivity index (χ1) is 9.30. The van der Waals surface area contributed by atoms with Gasteiger partial charge in [0.25, 0.3) is 0 Å². The van der Waals surface area contributed by atoms with Gasteiger partial charge in [0.15, 0.2) is 0 Å². The maximum absolute atomic E-state index is 12.6. The molecule has 2 aliphatic heterocycles. The van der Waals surface area contributed by atoms with E-state index < -0.39 is 5.97 Å². The number of urea groups is 1. The van der Waals surface area contributed by atoms with Crippen molar-refractivity contribution < 1.29 is 14.7 Å². The second-order valence-electron chi connectivity index (χ2n) is 6.41. The maximum Gasteiger partial charge on any atom is 0.320 e. The first-order valence-electron chi connectivity index (χ1n) is 7.22. The smallest absolute Gasteiger partial charge is 0.320 e. The van der Waals surface area contributed by atoms with Gasteiger partial charge in [0, 0.05) is 36.2 Å². The third-order valence-corrected chi connectivity index (χ3v) is 5.46. The number of hydrogen-bond acceptors (Lipinski definition) is 3. The monoisotopic (exact) mass is 300 g/mol. The molecular weight excluding hydrogens is 276 g/mol. The van der Waals surface area contributed by atoms with E-state index in [1.54, 1.807) is 0 Å². The van der Waals surface area contributed by atoms with Crippen LogP contribution < -0.4 is 0 Å². The third kappa shape index (κ3) is 3.40. The SMILES string of the molecule is CC1CC(C(=O)O)CCN1C(=O)N1CCSC(C)(C)C1. The molecule has 5 nitrogen and oxygen atoms in total. The molecule has 2 fully saturated rings. The Bertz CT molecular complexity index is 400. The van der Waals surface area contributed by atoms with Gasteiger partial charge in [-0.05, 0) is 33.6 Å². The summed E-state index contributed by atoms with van der Waals surface area (Å²) >= 11 is 1.90. The maximum atomic E-state index is 12.6. The number of thioether (sulfide) groups is 1. The molecule has 2 heterocycles. The van der Waals surface area contributed by atoms with Crippen molar-refractivity contribution in [3.05, 3.63) is 0 Å². The first kappa shape index (κ1) is 15.5. The molecule has 6 heteroatoms. The molecule has 2 atom stereocenters. The van der Waals surface area contributed by atoms with E-state index in [0.717, 1.165) is 18.8 Å². The van der Waals surface area contributed by atoms with E-state index in [0.29, 0.717) is 19.4 Å². The minimum absolute atomic E-state index is 0.00930. The summed E-state index contributed by atoms with van der Waals surface area (Å²) in [7, 11) is 0. The Morgan fingerprint density at radius 2 is 2.00 bits per heavy atom. The van der Waals surface area contributed by atoms with Gasteiger partial charge in [-0.25, -0.2) is 4.79 Å². The van der Waals surface area contributed by atoms with Crippen molar-refractivity contribution in [2.24, 2.45) is 5.92 Å². The molecule has 2 saturated heterocycles. The Morgan fingerprint density at radius 1 is 1.30 bits per heavy atom. The third-order valence-electron chi connectivity index (χ3n) is 4.17. The Labute approximate surface area is 124 Å².